The van der Waals surface area contributed by atoms with Crippen molar-refractivity contribution >= 4 is 29.0 Å². The number of phenols is 1. The Morgan fingerprint density at radius 1 is 1.14 bits per heavy atom. The summed E-state index contributed by atoms with van der Waals surface area (Å²) in [6.07, 6.45) is -0.100. The van der Waals surface area contributed by atoms with E-state index in [0.29, 0.717) is 29.3 Å². The largest absolute Gasteiger partial charge is 0.507 e. The highest BCUT2D eigenvalue weighted by atomic mass is 16.5. The number of hydrogen-bond acceptors (Lipinski definition) is 10. The van der Waals surface area contributed by atoms with Crippen molar-refractivity contribution < 1.29 is 38.9 Å². The van der Waals surface area contributed by atoms with Crippen LogP contribution in [0.25, 0.3) is 0 Å². The van der Waals surface area contributed by atoms with Gasteiger partial charge in [0.15, 0.2) is 34.7 Å². The first-order valence-electron chi connectivity index (χ1n) is 14.7. The van der Waals surface area contributed by atoms with E-state index in [9.17, 15) is 34.2 Å². The number of aliphatic hydroxyl groups is 1. The predicted molar refractivity (Wildman–Crippen MR) is 153 cm³/mol. The number of nitrogens with two attached hydrogens (primary N) is 1. The van der Waals surface area contributed by atoms with Gasteiger partial charge in [0.05, 0.1) is 23.6 Å². The number of hydrogen-bond donors (Lipinski definition) is 3. The highest BCUT2D eigenvalue weighted by molar-refractivity contribution is 6.32. The Morgan fingerprint density at radius 2 is 1.79 bits per heavy atom. The van der Waals surface area contributed by atoms with Crippen molar-refractivity contribution in [1.82, 2.24) is 9.80 Å². The van der Waals surface area contributed by atoms with Gasteiger partial charge in [0.1, 0.15) is 11.5 Å². The molecule has 1 aromatic rings. The second-order valence-electron chi connectivity index (χ2n) is 12.9. The minimum atomic E-state index is -2.75. The van der Waals surface area contributed by atoms with Gasteiger partial charge in [0, 0.05) is 30.1 Å². The molecule has 0 saturated heterocycles. The van der Waals surface area contributed by atoms with Gasteiger partial charge in [-0.1, -0.05) is 20.8 Å². The van der Waals surface area contributed by atoms with E-state index in [1.54, 1.807) is 14.1 Å². The third-order valence-corrected chi connectivity index (χ3v) is 8.91. The number of benzene rings is 1. The lowest BCUT2D eigenvalue weighted by atomic mass is 9.52. The van der Waals surface area contributed by atoms with Crippen molar-refractivity contribution in [1.29, 1.82) is 0 Å². The molecule has 3 aliphatic carbocycles. The molecule has 0 heterocycles. The molecule has 11 heteroatoms. The van der Waals surface area contributed by atoms with Crippen LogP contribution in [-0.2, 0) is 32.1 Å². The topological polar surface area (TPSA) is 168 Å². The molecule has 11 nitrogen and oxygen atoms in total. The number of carbonyl (C=O) groups excluding carboxylic acids is 5. The Labute approximate surface area is 246 Å². The number of rotatable bonds is 9. The molecule has 0 bridgehead atoms. The zero-order chi connectivity index (χ0) is 31.4. The predicted octanol–water partition coefficient (Wildman–Crippen LogP) is 1.13. The van der Waals surface area contributed by atoms with Gasteiger partial charge in [-0.15, -0.1) is 0 Å². The number of ether oxygens (including phenoxy) is 1. The molecule has 3 aliphatic rings. The summed E-state index contributed by atoms with van der Waals surface area (Å²) < 4.78 is 6.27. The molecular formula is C31H43N3O8. The van der Waals surface area contributed by atoms with Crippen LogP contribution in [0, 0.1) is 29.6 Å². The van der Waals surface area contributed by atoms with Gasteiger partial charge >= 0.3 is 0 Å². The van der Waals surface area contributed by atoms with Crippen molar-refractivity contribution in [3.63, 3.8) is 0 Å². The van der Waals surface area contributed by atoms with Crippen molar-refractivity contribution in [2.75, 3.05) is 27.2 Å². The van der Waals surface area contributed by atoms with Crippen LogP contribution in [-0.4, -0.2) is 94.0 Å². The molecule has 6 atom stereocenters. The van der Waals surface area contributed by atoms with Crippen LogP contribution in [0.5, 0.6) is 11.5 Å². The van der Waals surface area contributed by atoms with Gasteiger partial charge in [-0.25, -0.2) is 0 Å². The molecule has 4 rings (SSSR count). The molecule has 230 valence electrons. The van der Waals surface area contributed by atoms with Gasteiger partial charge in [-0.05, 0) is 65.2 Å². The standard InChI is InChI=1S/C31H43N3O8/c1-8-34(12-14(2)3)13-17-11-20(35)22-18(27(17)42-15(4)5)9-16-10-19-24(33(6)7)26(37)23(30(32)40)29(39)31(19,41)28(38)21(16)25(22)36/h11,14-16,19,21,23-24,35,41H,8-10,12-13H2,1-7H3,(H2,32,40)/t16-,19-,21?,23?,24-,31-/m0/s1. The summed E-state index contributed by atoms with van der Waals surface area (Å²) in [6, 6.07) is 0.352. The molecule has 0 aliphatic heterocycles. The smallest absolute Gasteiger partial charge is 0.235 e. The molecule has 42 heavy (non-hydrogen) atoms. The first-order valence-corrected chi connectivity index (χ1v) is 14.7. The Bertz CT molecular complexity index is 1320. The van der Waals surface area contributed by atoms with Crippen LogP contribution in [0.3, 0.4) is 0 Å². The monoisotopic (exact) mass is 585 g/mol. The van der Waals surface area contributed by atoms with Gasteiger partial charge in [0.2, 0.25) is 5.91 Å². The van der Waals surface area contributed by atoms with Crippen molar-refractivity contribution in [3.05, 3.63) is 22.8 Å². The number of likely N-dealkylation sites (N-methyl/N-ethyl adjacent to an activating group) is 1. The zero-order valence-corrected chi connectivity index (χ0v) is 25.5. The first-order chi connectivity index (χ1) is 19.6. The molecule has 0 aromatic heterocycles. The number of Topliss-reactive ketones (excluding diaryl/α,β-unsaturated/α-hetero) is 4. The highest BCUT2D eigenvalue weighted by Gasteiger charge is 2.69. The summed E-state index contributed by atoms with van der Waals surface area (Å²) in [5.74, 6) is -9.78. The summed E-state index contributed by atoms with van der Waals surface area (Å²) in [5, 5.41) is 22.9. The van der Waals surface area contributed by atoms with Crippen LogP contribution in [0.2, 0.25) is 0 Å². The molecule has 2 saturated carbocycles. The lowest BCUT2D eigenvalue weighted by Crippen LogP contribution is -2.74. The minimum absolute atomic E-state index is 0.00949. The van der Waals surface area contributed by atoms with Gasteiger partial charge in [-0.2, -0.15) is 0 Å². The molecule has 4 N–H and O–H groups in total. The number of fused-ring (bicyclic) bond motifs is 3. The van der Waals surface area contributed by atoms with Crippen molar-refractivity contribution in [3.8, 4) is 11.5 Å². The number of nitrogens with zero attached hydrogens (tertiary/aromatic N) is 2. The summed E-state index contributed by atoms with van der Waals surface area (Å²) in [4.78, 5) is 70.6. The van der Waals surface area contributed by atoms with Crippen LogP contribution in [0.1, 0.15) is 62.5 Å². The average molecular weight is 586 g/mol. The van der Waals surface area contributed by atoms with E-state index >= 15 is 0 Å². The van der Waals surface area contributed by atoms with E-state index in [4.69, 9.17) is 10.5 Å². The van der Waals surface area contributed by atoms with E-state index in [1.165, 1.54) is 11.0 Å². The van der Waals surface area contributed by atoms with E-state index in [-0.39, 0.29) is 30.3 Å². The highest BCUT2D eigenvalue weighted by Crippen LogP contribution is 2.52. The van der Waals surface area contributed by atoms with E-state index < -0.39 is 64.4 Å². The van der Waals surface area contributed by atoms with Gasteiger partial charge in [0.25, 0.3) is 0 Å². The minimum Gasteiger partial charge on any atom is -0.507 e. The van der Waals surface area contributed by atoms with Crippen LogP contribution in [0.15, 0.2) is 6.07 Å². The maximum absolute atomic E-state index is 14.0. The van der Waals surface area contributed by atoms with Gasteiger partial charge < -0.3 is 20.7 Å². The molecule has 1 amide bonds. The average Bonchev–Trinajstić information content (AvgIpc) is 2.86. The van der Waals surface area contributed by atoms with Crippen molar-refractivity contribution in [2.45, 2.75) is 71.8 Å². The molecule has 2 unspecified atom stereocenters. The number of amides is 1. The quantitative estimate of drug-likeness (QED) is 0.357. The Balaban J connectivity index is 1.85. The number of ketones is 4. The first kappa shape index (κ1) is 31.8. The number of aromatic hydroxyl groups is 1. The van der Waals surface area contributed by atoms with Crippen LogP contribution in [0.4, 0.5) is 0 Å². The second kappa shape index (κ2) is 11.5. The number of carbonyl (C=O) groups is 5. The van der Waals surface area contributed by atoms with Crippen LogP contribution < -0.4 is 10.5 Å². The number of primary amides is 1. The van der Waals surface area contributed by atoms with Crippen molar-refractivity contribution in [2.24, 2.45) is 35.3 Å². The lowest BCUT2D eigenvalue weighted by Gasteiger charge is -2.52. The Morgan fingerprint density at radius 3 is 2.31 bits per heavy atom. The second-order valence-corrected chi connectivity index (χ2v) is 12.9. The maximum Gasteiger partial charge on any atom is 0.235 e. The lowest BCUT2D eigenvalue weighted by molar-refractivity contribution is -0.181. The summed E-state index contributed by atoms with van der Waals surface area (Å²) in [7, 11) is 3.12. The summed E-state index contributed by atoms with van der Waals surface area (Å²) >= 11 is 0. The summed E-state index contributed by atoms with van der Waals surface area (Å²) in [5.41, 5.74) is 3.77. The fourth-order valence-electron chi connectivity index (χ4n) is 7.28. The van der Waals surface area contributed by atoms with E-state index in [0.717, 1.165) is 13.1 Å². The summed E-state index contributed by atoms with van der Waals surface area (Å²) in [6.45, 7) is 12.1. The molecule has 0 spiro atoms. The third kappa shape index (κ3) is 5.05. The number of phenolic OH excluding ortho intramolecular Hbond substituents is 1. The molecule has 1 aromatic carbocycles. The fourth-order valence-corrected chi connectivity index (χ4v) is 7.28. The van der Waals surface area contributed by atoms with E-state index in [2.05, 4.69) is 18.7 Å². The van der Waals surface area contributed by atoms with Gasteiger partial charge in [-0.3, -0.25) is 33.8 Å². The maximum atomic E-state index is 14.0. The SMILES string of the molecule is CCN(Cc1cc(O)c2c(c1OC(C)C)C[C@H]1C[C@H]3[C@H](N(C)C)C(=O)C(C(N)=O)C(=O)[C@@]3(O)C(=O)C1C2=O)CC(C)C. The fraction of sp³-hybridized carbons (Fsp3) is 0.645. The Kier molecular flexibility index (Phi) is 8.70. The van der Waals surface area contributed by atoms with Crippen LogP contribution >= 0.6 is 0 Å². The van der Waals surface area contributed by atoms with E-state index in [1.807, 2.05) is 20.8 Å². The Hall–Kier alpha value is -3.15. The zero-order valence-electron chi connectivity index (χ0n) is 25.5. The molecule has 0 radical (unpaired) electrons. The molecular weight excluding hydrogens is 542 g/mol. The normalized spacial score (nSPS) is 29.3. The molecule has 2 fully saturated rings. The third-order valence-electron chi connectivity index (χ3n) is 8.91.